The number of carbonyl (C=O) groups is 2. The lowest BCUT2D eigenvalue weighted by molar-refractivity contribution is -0.227. The van der Waals surface area contributed by atoms with Gasteiger partial charge in [0.1, 0.15) is 12.0 Å². The highest BCUT2D eigenvalue weighted by molar-refractivity contribution is 5.88. The van der Waals surface area contributed by atoms with Gasteiger partial charge in [0.05, 0.1) is 12.5 Å². The van der Waals surface area contributed by atoms with Gasteiger partial charge in [0.15, 0.2) is 0 Å². The minimum Gasteiger partial charge on any atom is -0.469 e. The molecule has 1 saturated heterocycles. The monoisotopic (exact) mass is 270 g/mol. The quantitative estimate of drug-likeness (QED) is 0.740. The molecule has 0 amide bonds. The first-order valence-corrected chi connectivity index (χ1v) is 6.66. The summed E-state index contributed by atoms with van der Waals surface area (Å²) in [5, 5.41) is 0. The van der Waals surface area contributed by atoms with Crippen LogP contribution in [0.1, 0.15) is 48.5 Å². The zero-order valence-corrected chi connectivity index (χ0v) is 13.3. The molecule has 1 rings (SSSR count). The van der Waals surface area contributed by atoms with Crippen LogP contribution in [0.25, 0.3) is 0 Å². The summed E-state index contributed by atoms with van der Waals surface area (Å²) in [6.07, 6.45) is -0.269. The number of rotatable bonds is 3. The number of esters is 2. The molecule has 110 valence electrons. The molecule has 0 unspecified atom stereocenters. The van der Waals surface area contributed by atoms with Gasteiger partial charge >= 0.3 is 11.9 Å². The van der Waals surface area contributed by atoms with Gasteiger partial charge in [-0.1, -0.05) is 34.6 Å². The Balaban J connectivity index is 3.09. The number of hydrogen-bond donors (Lipinski definition) is 0. The van der Waals surface area contributed by atoms with E-state index in [-0.39, 0.29) is 28.9 Å². The van der Waals surface area contributed by atoms with Crippen molar-refractivity contribution in [2.75, 3.05) is 7.11 Å². The number of methoxy groups -OCH3 is 1. The molecule has 1 heterocycles. The van der Waals surface area contributed by atoms with Crippen LogP contribution in [0.2, 0.25) is 0 Å². The molecule has 0 N–H and O–H groups in total. The maximum absolute atomic E-state index is 11.9. The Labute approximate surface area is 115 Å². The Morgan fingerprint density at radius 2 is 1.58 bits per heavy atom. The Morgan fingerprint density at radius 1 is 1.11 bits per heavy atom. The van der Waals surface area contributed by atoms with Crippen LogP contribution in [0.15, 0.2) is 0 Å². The molecule has 0 aromatic heterocycles. The van der Waals surface area contributed by atoms with Gasteiger partial charge in [0.2, 0.25) is 0 Å². The SMILES string of the molecule is COC(=O)C(C)(C)[C@H]1C(=O)O[C@@H]1C(C)(C)C(C)(C)C. The molecule has 0 aromatic carbocycles. The van der Waals surface area contributed by atoms with Crippen LogP contribution in [0.4, 0.5) is 0 Å². The molecule has 0 aromatic rings. The van der Waals surface area contributed by atoms with Gasteiger partial charge in [-0.2, -0.15) is 0 Å². The van der Waals surface area contributed by atoms with Crippen LogP contribution in [-0.2, 0) is 19.1 Å². The number of cyclic esters (lactones) is 1. The standard InChI is InChI=1S/C15H26O4/c1-13(2,3)15(6,7)10-9(11(16)19-10)14(4,5)12(17)18-8/h9-10H,1-8H3/t9-,10+/m1/s1. The smallest absolute Gasteiger partial charge is 0.314 e. The molecule has 4 heteroatoms. The zero-order valence-electron chi connectivity index (χ0n) is 13.3. The van der Waals surface area contributed by atoms with Crippen LogP contribution in [0.3, 0.4) is 0 Å². The summed E-state index contributed by atoms with van der Waals surface area (Å²) >= 11 is 0. The third-order valence-electron chi connectivity index (χ3n) is 4.93. The highest BCUT2D eigenvalue weighted by Crippen LogP contribution is 2.53. The predicted molar refractivity (Wildman–Crippen MR) is 72.4 cm³/mol. The Morgan fingerprint density at radius 3 is 1.89 bits per heavy atom. The molecule has 0 bridgehead atoms. The molecule has 1 aliphatic heterocycles. The molecule has 2 atom stereocenters. The minimum absolute atomic E-state index is 0.0389. The molecule has 4 nitrogen and oxygen atoms in total. The fraction of sp³-hybridized carbons (Fsp3) is 0.867. The van der Waals surface area contributed by atoms with Gasteiger partial charge in [-0.25, -0.2) is 0 Å². The van der Waals surface area contributed by atoms with E-state index in [1.807, 2.05) is 0 Å². The second-order valence-electron chi connectivity index (χ2n) is 7.52. The van der Waals surface area contributed by atoms with E-state index in [9.17, 15) is 9.59 Å². The fourth-order valence-corrected chi connectivity index (χ4v) is 2.37. The first kappa shape index (κ1) is 16.0. The van der Waals surface area contributed by atoms with Gasteiger partial charge in [-0.15, -0.1) is 0 Å². The highest BCUT2D eigenvalue weighted by atomic mass is 16.6. The second kappa shape index (κ2) is 4.50. The summed E-state index contributed by atoms with van der Waals surface area (Å²) in [4.78, 5) is 23.8. The van der Waals surface area contributed by atoms with Crippen LogP contribution >= 0.6 is 0 Å². The van der Waals surface area contributed by atoms with Crippen molar-refractivity contribution in [2.45, 2.75) is 54.6 Å². The summed E-state index contributed by atoms with van der Waals surface area (Å²) < 4.78 is 10.2. The Kier molecular flexibility index (Phi) is 3.79. The van der Waals surface area contributed by atoms with Crippen LogP contribution in [0.5, 0.6) is 0 Å². The van der Waals surface area contributed by atoms with E-state index in [1.165, 1.54) is 7.11 Å². The summed E-state index contributed by atoms with van der Waals surface area (Å²) in [5.74, 6) is -1.13. The number of ether oxygens (including phenoxy) is 2. The number of carbonyl (C=O) groups excluding carboxylic acids is 2. The van der Waals surface area contributed by atoms with Gasteiger partial charge < -0.3 is 9.47 Å². The predicted octanol–water partition coefficient (Wildman–Crippen LogP) is 2.80. The largest absolute Gasteiger partial charge is 0.469 e. The van der Waals surface area contributed by atoms with Crippen molar-refractivity contribution in [3.63, 3.8) is 0 Å². The summed E-state index contributed by atoms with van der Waals surface area (Å²) in [6.45, 7) is 14.0. The van der Waals surface area contributed by atoms with Crippen molar-refractivity contribution < 1.29 is 19.1 Å². The van der Waals surface area contributed by atoms with Crippen molar-refractivity contribution in [3.05, 3.63) is 0 Å². The van der Waals surface area contributed by atoms with E-state index >= 15 is 0 Å². The van der Waals surface area contributed by atoms with E-state index in [0.717, 1.165) is 0 Å². The van der Waals surface area contributed by atoms with Crippen molar-refractivity contribution in [2.24, 2.45) is 22.2 Å². The van der Waals surface area contributed by atoms with Gasteiger partial charge in [0, 0.05) is 5.41 Å². The first-order chi connectivity index (χ1) is 8.37. The van der Waals surface area contributed by atoms with Gasteiger partial charge in [0.25, 0.3) is 0 Å². The topological polar surface area (TPSA) is 52.6 Å². The molecular formula is C15H26O4. The highest BCUT2D eigenvalue weighted by Gasteiger charge is 2.62. The lowest BCUT2D eigenvalue weighted by Crippen LogP contribution is -2.63. The zero-order chi connectivity index (χ0) is 15.2. The van der Waals surface area contributed by atoms with Gasteiger partial charge in [-0.05, 0) is 19.3 Å². The summed E-state index contributed by atoms with van der Waals surface area (Å²) in [7, 11) is 1.35. The van der Waals surface area contributed by atoms with E-state index in [0.29, 0.717) is 0 Å². The molecule has 0 saturated carbocycles. The van der Waals surface area contributed by atoms with Crippen molar-refractivity contribution in [1.82, 2.24) is 0 Å². The van der Waals surface area contributed by atoms with E-state index in [1.54, 1.807) is 13.8 Å². The average molecular weight is 270 g/mol. The van der Waals surface area contributed by atoms with Crippen molar-refractivity contribution in [1.29, 1.82) is 0 Å². The Hall–Kier alpha value is -1.06. The minimum atomic E-state index is -0.864. The van der Waals surface area contributed by atoms with Crippen LogP contribution < -0.4 is 0 Å². The number of hydrogen-bond acceptors (Lipinski definition) is 4. The normalized spacial score (nSPS) is 24.5. The fourth-order valence-electron chi connectivity index (χ4n) is 2.37. The van der Waals surface area contributed by atoms with Crippen LogP contribution in [0, 0.1) is 22.2 Å². The van der Waals surface area contributed by atoms with E-state index in [2.05, 4.69) is 34.6 Å². The van der Waals surface area contributed by atoms with Crippen molar-refractivity contribution in [3.8, 4) is 0 Å². The average Bonchev–Trinajstić information content (AvgIpc) is 2.21. The third-order valence-corrected chi connectivity index (χ3v) is 4.93. The first-order valence-electron chi connectivity index (χ1n) is 6.66. The maximum Gasteiger partial charge on any atom is 0.314 e. The van der Waals surface area contributed by atoms with Gasteiger partial charge in [-0.3, -0.25) is 9.59 Å². The molecule has 1 aliphatic rings. The van der Waals surface area contributed by atoms with Crippen molar-refractivity contribution >= 4 is 11.9 Å². The Bertz CT molecular complexity index is 387. The molecular weight excluding hydrogens is 244 g/mol. The molecule has 1 fully saturated rings. The molecule has 19 heavy (non-hydrogen) atoms. The summed E-state index contributed by atoms with van der Waals surface area (Å²) in [6, 6.07) is 0. The van der Waals surface area contributed by atoms with E-state index < -0.39 is 11.3 Å². The van der Waals surface area contributed by atoms with E-state index in [4.69, 9.17) is 9.47 Å². The maximum atomic E-state index is 11.9. The molecule has 0 spiro atoms. The summed E-state index contributed by atoms with van der Waals surface area (Å²) in [5.41, 5.74) is -1.13. The van der Waals surface area contributed by atoms with Crippen LogP contribution in [-0.4, -0.2) is 25.2 Å². The third kappa shape index (κ3) is 2.37. The molecule has 0 aliphatic carbocycles. The lowest BCUT2D eigenvalue weighted by atomic mass is 9.57. The lowest BCUT2D eigenvalue weighted by Gasteiger charge is -2.54. The second-order valence-corrected chi connectivity index (χ2v) is 7.52. The molecule has 0 radical (unpaired) electrons.